The monoisotopic (exact) mass is 259 g/mol. The fourth-order valence-electron chi connectivity index (χ4n) is 2.32. The second kappa shape index (κ2) is 5.78. The van der Waals surface area contributed by atoms with Gasteiger partial charge in [-0.2, -0.15) is 0 Å². The van der Waals surface area contributed by atoms with Crippen molar-refractivity contribution >= 4 is 11.6 Å². The summed E-state index contributed by atoms with van der Waals surface area (Å²) in [6.45, 7) is 1.63. The van der Waals surface area contributed by atoms with Crippen molar-refractivity contribution in [1.29, 1.82) is 0 Å². The van der Waals surface area contributed by atoms with Crippen LogP contribution in [0.15, 0.2) is 18.2 Å². The number of rotatable bonds is 3. The molecule has 1 fully saturated rings. The van der Waals surface area contributed by atoms with Crippen molar-refractivity contribution in [1.82, 2.24) is 4.90 Å². The maximum absolute atomic E-state index is 13.1. The first-order chi connectivity index (χ1) is 8.20. The number of alkyl halides is 1. The molecule has 1 aromatic rings. The van der Waals surface area contributed by atoms with Crippen molar-refractivity contribution < 1.29 is 8.78 Å². The lowest BCUT2D eigenvalue weighted by molar-refractivity contribution is 0.154. The van der Waals surface area contributed by atoms with Crippen LogP contribution in [0, 0.1) is 11.6 Å². The minimum Gasteiger partial charge on any atom is -0.295 e. The van der Waals surface area contributed by atoms with E-state index in [4.69, 9.17) is 11.6 Å². The molecular formula is C13H16ClF2N. The highest BCUT2D eigenvalue weighted by Gasteiger charge is 2.21. The zero-order valence-corrected chi connectivity index (χ0v) is 10.4. The molecule has 0 N–H and O–H groups in total. The van der Waals surface area contributed by atoms with Crippen LogP contribution in [0.2, 0.25) is 0 Å². The van der Waals surface area contributed by atoms with Crippen LogP contribution in [0.1, 0.15) is 24.8 Å². The van der Waals surface area contributed by atoms with Crippen molar-refractivity contribution in [3.05, 3.63) is 35.4 Å². The Morgan fingerprint density at radius 3 is 2.76 bits per heavy atom. The molecule has 4 heteroatoms. The van der Waals surface area contributed by atoms with Crippen LogP contribution in [-0.2, 0) is 6.54 Å². The zero-order valence-electron chi connectivity index (χ0n) is 9.63. The van der Waals surface area contributed by atoms with Crippen LogP contribution in [0.3, 0.4) is 0 Å². The molecule has 94 valence electrons. The molecule has 1 unspecified atom stereocenters. The van der Waals surface area contributed by atoms with Crippen molar-refractivity contribution in [2.24, 2.45) is 0 Å². The number of benzene rings is 1. The Morgan fingerprint density at radius 2 is 2.06 bits per heavy atom. The Kier molecular flexibility index (Phi) is 4.35. The van der Waals surface area contributed by atoms with Gasteiger partial charge in [0.1, 0.15) is 0 Å². The molecule has 0 aromatic heterocycles. The maximum atomic E-state index is 13.1. The van der Waals surface area contributed by atoms with E-state index in [2.05, 4.69) is 4.90 Å². The molecule has 1 heterocycles. The second-order valence-corrected chi connectivity index (χ2v) is 4.83. The third-order valence-corrected chi connectivity index (χ3v) is 3.65. The molecule has 0 bridgehead atoms. The first-order valence-electron chi connectivity index (χ1n) is 5.94. The fraction of sp³-hybridized carbons (Fsp3) is 0.538. The standard InChI is InChI=1S/C13H16ClF2N/c14-8-11-3-1-2-6-17(11)9-10-4-5-12(15)13(16)7-10/h4-5,7,11H,1-3,6,8-9H2. The van der Waals surface area contributed by atoms with Crippen LogP contribution in [0.5, 0.6) is 0 Å². The molecule has 0 radical (unpaired) electrons. The Hall–Kier alpha value is -0.670. The van der Waals surface area contributed by atoms with Gasteiger partial charge in [0.2, 0.25) is 0 Å². The predicted molar refractivity (Wildman–Crippen MR) is 65.1 cm³/mol. The lowest BCUT2D eigenvalue weighted by Crippen LogP contribution is -2.40. The highest BCUT2D eigenvalue weighted by molar-refractivity contribution is 6.18. The van der Waals surface area contributed by atoms with Gasteiger partial charge < -0.3 is 0 Å². The third-order valence-electron chi connectivity index (χ3n) is 3.30. The van der Waals surface area contributed by atoms with E-state index in [1.54, 1.807) is 6.07 Å². The largest absolute Gasteiger partial charge is 0.295 e. The van der Waals surface area contributed by atoms with E-state index in [-0.39, 0.29) is 0 Å². The van der Waals surface area contributed by atoms with E-state index in [1.807, 2.05) is 0 Å². The predicted octanol–water partition coefficient (Wildman–Crippen LogP) is 3.56. The summed E-state index contributed by atoms with van der Waals surface area (Å²) in [5.74, 6) is -0.966. The number of hydrogen-bond acceptors (Lipinski definition) is 1. The van der Waals surface area contributed by atoms with Gasteiger partial charge in [0.05, 0.1) is 0 Å². The van der Waals surface area contributed by atoms with Gasteiger partial charge >= 0.3 is 0 Å². The van der Waals surface area contributed by atoms with Gasteiger partial charge in [-0.25, -0.2) is 8.78 Å². The first kappa shape index (κ1) is 12.8. The number of halogens is 3. The molecule has 1 saturated heterocycles. The van der Waals surface area contributed by atoms with E-state index < -0.39 is 11.6 Å². The highest BCUT2D eigenvalue weighted by Crippen LogP contribution is 2.21. The van der Waals surface area contributed by atoms with Crippen LogP contribution in [0.4, 0.5) is 8.78 Å². The Labute approximate surface area is 105 Å². The van der Waals surface area contributed by atoms with Gasteiger partial charge in [-0.05, 0) is 37.1 Å². The first-order valence-corrected chi connectivity index (χ1v) is 6.48. The van der Waals surface area contributed by atoms with Crippen LogP contribution >= 0.6 is 11.6 Å². The zero-order chi connectivity index (χ0) is 12.3. The Morgan fingerprint density at radius 1 is 1.24 bits per heavy atom. The van der Waals surface area contributed by atoms with E-state index in [9.17, 15) is 8.78 Å². The molecule has 1 aromatic carbocycles. The number of hydrogen-bond donors (Lipinski definition) is 0. The number of likely N-dealkylation sites (tertiary alicyclic amines) is 1. The van der Waals surface area contributed by atoms with Crippen molar-refractivity contribution in [2.75, 3.05) is 12.4 Å². The summed E-state index contributed by atoms with van der Waals surface area (Å²) < 4.78 is 25.9. The summed E-state index contributed by atoms with van der Waals surface area (Å²) in [5, 5.41) is 0. The van der Waals surface area contributed by atoms with Crippen molar-refractivity contribution in [2.45, 2.75) is 31.8 Å². The molecule has 1 aliphatic heterocycles. The highest BCUT2D eigenvalue weighted by atomic mass is 35.5. The van der Waals surface area contributed by atoms with Gasteiger partial charge in [0, 0.05) is 18.5 Å². The summed E-state index contributed by atoms with van der Waals surface area (Å²) >= 11 is 5.92. The molecule has 1 nitrogen and oxygen atoms in total. The Balaban J connectivity index is 2.05. The maximum Gasteiger partial charge on any atom is 0.159 e. The lowest BCUT2D eigenvalue weighted by Gasteiger charge is -2.34. The smallest absolute Gasteiger partial charge is 0.159 e. The SMILES string of the molecule is Fc1ccc(CN2CCCCC2CCl)cc1F. The minimum absolute atomic E-state index is 0.360. The molecule has 1 aliphatic rings. The average molecular weight is 260 g/mol. The quantitative estimate of drug-likeness (QED) is 0.751. The topological polar surface area (TPSA) is 3.24 Å². The average Bonchev–Trinajstić information content (AvgIpc) is 2.34. The van der Waals surface area contributed by atoms with Gasteiger partial charge in [-0.3, -0.25) is 4.90 Å². The van der Waals surface area contributed by atoms with Crippen LogP contribution < -0.4 is 0 Å². The lowest BCUT2D eigenvalue weighted by atomic mass is 10.0. The third kappa shape index (κ3) is 3.17. The van der Waals surface area contributed by atoms with Gasteiger partial charge in [-0.1, -0.05) is 12.5 Å². The normalized spacial score (nSPS) is 21.7. The molecule has 0 spiro atoms. The van der Waals surface area contributed by atoms with E-state index in [0.717, 1.165) is 24.9 Å². The summed E-state index contributed by atoms with van der Waals surface area (Å²) in [6, 6.07) is 4.45. The van der Waals surface area contributed by atoms with Gasteiger partial charge in [0.15, 0.2) is 11.6 Å². The molecule has 0 aliphatic carbocycles. The molecule has 17 heavy (non-hydrogen) atoms. The van der Waals surface area contributed by atoms with E-state index in [0.29, 0.717) is 18.5 Å². The van der Waals surface area contributed by atoms with Crippen LogP contribution in [0.25, 0.3) is 0 Å². The number of nitrogens with zero attached hydrogens (tertiary/aromatic N) is 1. The van der Waals surface area contributed by atoms with Gasteiger partial charge in [0.25, 0.3) is 0 Å². The van der Waals surface area contributed by atoms with Gasteiger partial charge in [-0.15, -0.1) is 11.6 Å². The molecule has 0 saturated carbocycles. The summed E-state index contributed by atoms with van der Waals surface area (Å²) in [6.07, 6.45) is 3.44. The number of piperidine rings is 1. The molecular weight excluding hydrogens is 244 g/mol. The van der Waals surface area contributed by atoms with Crippen molar-refractivity contribution in [3.63, 3.8) is 0 Å². The molecule has 1 atom stereocenters. The minimum atomic E-state index is -0.790. The fourth-order valence-corrected chi connectivity index (χ4v) is 2.66. The van der Waals surface area contributed by atoms with Crippen LogP contribution in [-0.4, -0.2) is 23.4 Å². The summed E-state index contributed by atoms with van der Waals surface area (Å²) in [7, 11) is 0. The Bertz CT molecular complexity index is 384. The van der Waals surface area contributed by atoms with E-state index in [1.165, 1.54) is 18.6 Å². The van der Waals surface area contributed by atoms with Crippen molar-refractivity contribution in [3.8, 4) is 0 Å². The molecule has 2 rings (SSSR count). The van der Waals surface area contributed by atoms with E-state index >= 15 is 0 Å². The summed E-state index contributed by atoms with van der Waals surface area (Å²) in [4.78, 5) is 2.25. The summed E-state index contributed by atoms with van der Waals surface area (Å²) in [5.41, 5.74) is 0.806. The molecule has 0 amide bonds. The second-order valence-electron chi connectivity index (χ2n) is 4.52.